The van der Waals surface area contributed by atoms with Gasteiger partial charge in [0.1, 0.15) is 36.0 Å². The second-order valence-corrected chi connectivity index (χ2v) is 7.31. The minimum absolute atomic E-state index is 0.157. The van der Waals surface area contributed by atoms with Crippen molar-refractivity contribution in [3.8, 4) is 11.5 Å². The second-order valence-electron chi connectivity index (χ2n) is 7.31. The Morgan fingerprint density at radius 2 is 1.69 bits per heavy atom. The van der Waals surface area contributed by atoms with Gasteiger partial charge in [-0.2, -0.15) is 0 Å². The van der Waals surface area contributed by atoms with Gasteiger partial charge in [-0.25, -0.2) is 4.68 Å². The summed E-state index contributed by atoms with van der Waals surface area (Å²) in [5.41, 5.74) is 2.86. The molecule has 1 aliphatic rings. The minimum Gasteiger partial charge on any atom is -0.491 e. The molecule has 2 aromatic carbocycles. The molecule has 0 unspecified atom stereocenters. The lowest BCUT2D eigenvalue weighted by atomic mass is 10.1. The zero-order valence-corrected chi connectivity index (χ0v) is 16.6. The molecule has 3 atom stereocenters. The topological polar surface area (TPSA) is 78.6 Å². The van der Waals surface area contributed by atoms with Gasteiger partial charge in [0.25, 0.3) is 0 Å². The first-order valence-electron chi connectivity index (χ1n) is 9.70. The normalized spacial score (nSPS) is 21.3. The lowest BCUT2D eigenvalue weighted by Crippen LogP contribution is -2.32. The highest BCUT2D eigenvalue weighted by atomic mass is 16.6. The van der Waals surface area contributed by atoms with E-state index in [1.165, 1.54) is 11.1 Å². The van der Waals surface area contributed by atoms with Gasteiger partial charge in [-0.05, 0) is 38.1 Å². The molecule has 0 amide bonds. The molecule has 1 aliphatic heterocycles. The number of benzene rings is 2. The predicted octanol–water partition coefficient (Wildman–Crippen LogP) is 3.20. The molecule has 1 fully saturated rings. The molecule has 0 saturated carbocycles. The third-order valence-electron chi connectivity index (χ3n) is 4.94. The summed E-state index contributed by atoms with van der Waals surface area (Å²) in [4.78, 5) is 0. The van der Waals surface area contributed by atoms with Crippen molar-refractivity contribution in [3.05, 3.63) is 71.5 Å². The highest BCUT2D eigenvalue weighted by Crippen LogP contribution is 2.32. The number of aliphatic hydroxyl groups is 1. The summed E-state index contributed by atoms with van der Waals surface area (Å²) in [6, 6.07) is 15.9. The smallest absolute Gasteiger partial charge is 0.156 e. The van der Waals surface area contributed by atoms with Gasteiger partial charge in [-0.15, -0.1) is 5.10 Å². The molecule has 1 N–H and O–H groups in total. The van der Waals surface area contributed by atoms with Crippen LogP contribution >= 0.6 is 0 Å². The Kier molecular flexibility index (Phi) is 5.78. The summed E-state index contributed by atoms with van der Waals surface area (Å²) in [6.45, 7) is 4.28. The van der Waals surface area contributed by atoms with E-state index in [2.05, 4.69) is 10.3 Å². The highest BCUT2D eigenvalue weighted by molar-refractivity contribution is 5.27. The molecule has 1 aromatic heterocycles. The van der Waals surface area contributed by atoms with Crippen molar-refractivity contribution < 1.29 is 19.3 Å². The fraction of sp³-hybridized carbons (Fsp3) is 0.364. The summed E-state index contributed by atoms with van der Waals surface area (Å²) < 4.78 is 20.0. The van der Waals surface area contributed by atoms with Crippen LogP contribution in [-0.4, -0.2) is 38.9 Å². The Bertz CT molecular complexity index is 924. The maximum Gasteiger partial charge on any atom is 0.156 e. The van der Waals surface area contributed by atoms with Gasteiger partial charge < -0.3 is 19.3 Å². The van der Waals surface area contributed by atoms with E-state index < -0.39 is 0 Å². The first kappa shape index (κ1) is 19.4. The van der Waals surface area contributed by atoms with E-state index in [4.69, 9.17) is 14.2 Å². The number of rotatable bonds is 7. The molecule has 3 aromatic rings. The van der Waals surface area contributed by atoms with Crippen LogP contribution in [0.2, 0.25) is 0 Å². The molecule has 0 bridgehead atoms. The molecule has 1 saturated heterocycles. The van der Waals surface area contributed by atoms with Crippen molar-refractivity contribution in [2.45, 2.75) is 45.3 Å². The van der Waals surface area contributed by atoms with E-state index in [0.29, 0.717) is 18.7 Å². The van der Waals surface area contributed by atoms with Crippen molar-refractivity contribution in [2.24, 2.45) is 0 Å². The van der Waals surface area contributed by atoms with Gasteiger partial charge >= 0.3 is 0 Å². The molecule has 7 heteroatoms. The molecular formula is C22H25N3O4. The van der Waals surface area contributed by atoms with E-state index >= 15 is 0 Å². The van der Waals surface area contributed by atoms with Crippen molar-refractivity contribution in [1.82, 2.24) is 15.0 Å². The average molecular weight is 395 g/mol. The number of aromatic nitrogens is 3. The largest absolute Gasteiger partial charge is 0.491 e. The standard InChI is InChI=1S/C22H25N3O4/c1-15-3-7-18(8-4-15)27-14-21-20(28-19-9-5-16(2)6-10-19)11-22(29-21)25-12-17(13-26)23-24-25/h3-10,12,20-22,26H,11,13-14H2,1-2H3/t20-,21+,22-/m0/s1. The summed E-state index contributed by atoms with van der Waals surface area (Å²) in [5, 5.41) is 17.2. The quantitative estimate of drug-likeness (QED) is 0.662. The van der Waals surface area contributed by atoms with Gasteiger partial charge in [0.2, 0.25) is 0 Å². The Morgan fingerprint density at radius 3 is 2.31 bits per heavy atom. The van der Waals surface area contributed by atoms with Crippen LogP contribution in [0.25, 0.3) is 0 Å². The van der Waals surface area contributed by atoms with E-state index in [9.17, 15) is 5.11 Å². The number of aryl methyl sites for hydroxylation is 2. The van der Waals surface area contributed by atoms with Crippen LogP contribution in [0, 0.1) is 13.8 Å². The Hall–Kier alpha value is -2.90. The Morgan fingerprint density at radius 1 is 1.03 bits per heavy atom. The molecular weight excluding hydrogens is 370 g/mol. The van der Waals surface area contributed by atoms with Crippen molar-refractivity contribution >= 4 is 0 Å². The fourth-order valence-corrected chi connectivity index (χ4v) is 3.27. The molecule has 4 rings (SSSR count). The van der Waals surface area contributed by atoms with E-state index in [0.717, 1.165) is 11.5 Å². The van der Waals surface area contributed by atoms with Gasteiger partial charge in [0, 0.05) is 6.42 Å². The third-order valence-corrected chi connectivity index (χ3v) is 4.94. The molecule has 29 heavy (non-hydrogen) atoms. The summed E-state index contributed by atoms with van der Waals surface area (Å²) >= 11 is 0. The first-order valence-corrected chi connectivity index (χ1v) is 9.70. The monoisotopic (exact) mass is 395 g/mol. The number of ether oxygens (including phenoxy) is 3. The third kappa shape index (κ3) is 4.75. The van der Waals surface area contributed by atoms with Gasteiger partial charge in [0.05, 0.1) is 12.8 Å². The van der Waals surface area contributed by atoms with Crippen LogP contribution in [0.1, 0.15) is 29.5 Å². The summed E-state index contributed by atoms with van der Waals surface area (Å²) in [5.74, 6) is 1.58. The van der Waals surface area contributed by atoms with Gasteiger partial charge in [-0.1, -0.05) is 40.6 Å². The number of nitrogens with zero attached hydrogens (tertiary/aromatic N) is 3. The first-order chi connectivity index (χ1) is 14.1. The molecule has 2 heterocycles. The van der Waals surface area contributed by atoms with Crippen molar-refractivity contribution in [1.29, 1.82) is 0 Å². The SMILES string of the molecule is Cc1ccc(OC[C@H]2O[C@H](n3cc(CO)nn3)C[C@@H]2Oc2ccc(C)cc2)cc1. The van der Waals surface area contributed by atoms with Crippen LogP contribution < -0.4 is 9.47 Å². The van der Waals surface area contributed by atoms with Crippen LogP contribution in [0.3, 0.4) is 0 Å². The number of hydrogen-bond acceptors (Lipinski definition) is 6. The zero-order valence-electron chi connectivity index (χ0n) is 16.6. The Labute approximate surface area is 169 Å². The lowest BCUT2D eigenvalue weighted by molar-refractivity contribution is -0.0406. The van der Waals surface area contributed by atoms with Gasteiger partial charge in [0.15, 0.2) is 6.23 Å². The molecule has 152 valence electrons. The molecule has 0 radical (unpaired) electrons. The number of aliphatic hydroxyl groups excluding tert-OH is 1. The van der Waals surface area contributed by atoms with Crippen molar-refractivity contribution in [2.75, 3.05) is 6.61 Å². The maximum atomic E-state index is 9.24. The summed E-state index contributed by atoms with van der Waals surface area (Å²) in [6.07, 6.45) is 1.49. The van der Waals surface area contributed by atoms with Crippen molar-refractivity contribution in [3.63, 3.8) is 0 Å². The Balaban J connectivity index is 1.47. The van der Waals surface area contributed by atoms with Crippen LogP contribution in [0.15, 0.2) is 54.7 Å². The van der Waals surface area contributed by atoms with Gasteiger partial charge in [-0.3, -0.25) is 0 Å². The minimum atomic E-state index is -0.329. The van der Waals surface area contributed by atoms with E-state index in [-0.39, 0.29) is 25.0 Å². The van der Waals surface area contributed by atoms with Crippen LogP contribution in [0.5, 0.6) is 11.5 Å². The second kappa shape index (κ2) is 8.63. The van der Waals surface area contributed by atoms with Crippen LogP contribution in [0.4, 0.5) is 0 Å². The summed E-state index contributed by atoms with van der Waals surface area (Å²) in [7, 11) is 0. The zero-order chi connectivity index (χ0) is 20.2. The van der Waals surface area contributed by atoms with E-state index in [1.54, 1.807) is 10.9 Å². The molecule has 0 spiro atoms. The highest BCUT2D eigenvalue weighted by Gasteiger charge is 2.39. The average Bonchev–Trinajstić information content (AvgIpc) is 3.36. The lowest BCUT2D eigenvalue weighted by Gasteiger charge is -2.20. The molecule has 0 aliphatic carbocycles. The van der Waals surface area contributed by atoms with E-state index in [1.807, 2.05) is 62.4 Å². The van der Waals surface area contributed by atoms with Crippen LogP contribution in [-0.2, 0) is 11.3 Å². The number of hydrogen-bond donors (Lipinski definition) is 1. The fourth-order valence-electron chi connectivity index (χ4n) is 3.27. The maximum absolute atomic E-state index is 9.24. The molecule has 7 nitrogen and oxygen atoms in total. The predicted molar refractivity (Wildman–Crippen MR) is 107 cm³/mol.